The Kier molecular flexibility index (Phi) is 14.1. The second kappa shape index (κ2) is 18.5. The van der Waals surface area contributed by atoms with Gasteiger partial charge in [-0.15, -0.1) is 12.4 Å². The molecular weight excluding hydrogens is 974 g/mol. The first-order valence-electron chi connectivity index (χ1n) is 18.3. The van der Waals surface area contributed by atoms with E-state index in [1.54, 1.807) is 0 Å². The van der Waals surface area contributed by atoms with Crippen LogP contribution in [0.3, 0.4) is 0 Å². The number of nitrogens with one attached hydrogen (secondary N) is 4. The number of anilines is 1. The Labute approximate surface area is 360 Å². The number of hydrazine groups is 1. The number of hydrogen-bond donors (Lipinski definition) is 7. The van der Waals surface area contributed by atoms with Crippen molar-refractivity contribution in [2.24, 2.45) is 17.3 Å². The lowest BCUT2D eigenvalue weighted by Gasteiger charge is -2.18. The summed E-state index contributed by atoms with van der Waals surface area (Å²) in [5.41, 5.74) is 26.5. The number of aromatic nitrogens is 3. The first-order valence-corrected chi connectivity index (χ1v) is 21.5. The number of carbonyl (C=O) groups excluding carboxylic acids is 1. The Morgan fingerprint density at radius 2 is 0.982 bits per heavy atom. The third kappa shape index (κ3) is 8.82. The second-order valence-electron chi connectivity index (χ2n) is 13.9. The van der Waals surface area contributed by atoms with Crippen LogP contribution in [0.4, 0.5) is 5.69 Å². The molecule has 3 aliphatic carbocycles. The number of ketones is 1. The maximum absolute atomic E-state index is 11.7. The Hall–Kier alpha value is -2.94. The van der Waals surface area contributed by atoms with Crippen LogP contribution in [0.1, 0.15) is 89.2 Å². The average molecular weight is 1020 g/mol. The number of fused-ring (bicyclic) bond motifs is 9. The first-order chi connectivity index (χ1) is 26.2. The Morgan fingerprint density at radius 3 is 1.45 bits per heavy atom. The summed E-state index contributed by atoms with van der Waals surface area (Å²) in [6.07, 6.45) is 9.56. The van der Waals surface area contributed by atoms with Gasteiger partial charge in [0, 0.05) is 63.9 Å². The van der Waals surface area contributed by atoms with E-state index in [0.29, 0.717) is 6.42 Å². The normalized spacial score (nSPS) is 17.0. The van der Waals surface area contributed by atoms with Gasteiger partial charge in [0.2, 0.25) is 0 Å². The molecule has 0 radical (unpaired) electrons. The number of benzene rings is 4. The molecule has 13 heteroatoms. The summed E-state index contributed by atoms with van der Waals surface area (Å²) in [5.74, 6) is 5.42. The number of halogens is 5. The quantitative estimate of drug-likeness (QED) is 0.0644. The smallest absolute Gasteiger partial charge is 0.179 e. The standard InChI is InChI=1S/2C12H13BrN2.C12H10BrNO.C6H7BrN2.ClH/c2*13-9-5-1-3-7-8-4-2-6-10(14)12(8)15-11(7)9;13-9-5-1-3-7-8-4-2-6-10(15)12(8)14-11(7)9;7-5-3-1-2-4-6(5)9-8;/h2*1,3,5,10,15H,2,4,6,14H2;1,3,5,14H,2,4,6H2;1-4,9H,8H2;1H. The van der Waals surface area contributed by atoms with E-state index in [-0.39, 0.29) is 30.3 Å². The van der Waals surface area contributed by atoms with Crippen LogP contribution in [0.25, 0.3) is 32.7 Å². The highest BCUT2D eigenvalue weighted by Crippen LogP contribution is 2.37. The SMILES string of the molecule is Cl.NC1CCCc2c1[nH]c1c(Br)cccc21.NC1CCCc2c1[nH]c1c(Br)cccc21.NNc1ccccc1Br.O=C1CCCc2c1[nH]c1c(Br)cccc21. The molecule has 7 aromatic rings. The van der Waals surface area contributed by atoms with E-state index in [1.807, 2.05) is 36.4 Å². The molecule has 3 heterocycles. The Bertz CT molecular complexity index is 2360. The zero-order valence-corrected chi connectivity index (χ0v) is 37.2. The summed E-state index contributed by atoms with van der Waals surface area (Å²) >= 11 is 14.0. The van der Waals surface area contributed by atoms with Crippen LogP contribution in [0.5, 0.6) is 0 Å². The first kappa shape index (κ1) is 41.7. The number of nitrogen functional groups attached to an aromatic ring is 1. The molecule has 4 aromatic carbocycles. The van der Waals surface area contributed by atoms with Crippen LogP contribution in [-0.4, -0.2) is 20.7 Å². The van der Waals surface area contributed by atoms with Gasteiger partial charge >= 0.3 is 0 Å². The molecule has 0 saturated heterocycles. The van der Waals surface area contributed by atoms with Gasteiger partial charge in [0.05, 0.1) is 27.9 Å². The second-order valence-corrected chi connectivity index (χ2v) is 17.3. The van der Waals surface area contributed by atoms with Crippen LogP contribution >= 0.6 is 76.1 Å². The van der Waals surface area contributed by atoms with E-state index < -0.39 is 0 Å². The van der Waals surface area contributed by atoms with Gasteiger partial charge in [0.25, 0.3) is 0 Å². The number of nitrogens with two attached hydrogens (primary N) is 3. The molecule has 3 aromatic heterocycles. The molecule has 3 aliphatic rings. The van der Waals surface area contributed by atoms with Crippen molar-refractivity contribution in [3.05, 3.63) is 131 Å². The molecule has 10 rings (SSSR count). The Morgan fingerprint density at radius 1 is 0.545 bits per heavy atom. The summed E-state index contributed by atoms with van der Waals surface area (Å²) < 4.78 is 4.26. The van der Waals surface area contributed by atoms with E-state index in [1.165, 1.54) is 68.1 Å². The molecule has 0 spiro atoms. The lowest BCUT2D eigenvalue weighted by molar-refractivity contribution is 0.0968. The number of Topliss-reactive ketones (excluding diaryl/α,β-unsaturated/α-hetero) is 1. The minimum atomic E-state index is 0. The molecule has 288 valence electrons. The molecule has 2 unspecified atom stereocenters. The largest absolute Gasteiger partial charge is 0.356 e. The van der Waals surface area contributed by atoms with Crippen molar-refractivity contribution in [3.8, 4) is 0 Å². The van der Waals surface area contributed by atoms with Gasteiger partial charge in [-0.1, -0.05) is 48.5 Å². The van der Waals surface area contributed by atoms with E-state index >= 15 is 0 Å². The molecule has 8 nitrogen and oxygen atoms in total. The highest BCUT2D eigenvalue weighted by atomic mass is 79.9. The molecule has 0 saturated carbocycles. The zero-order chi connectivity index (χ0) is 37.9. The highest BCUT2D eigenvalue weighted by molar-refractivity contribution is 9.11. The predicted molar refractivity (Wildman–Crippen MR) is 244 cm³/mol. The van der Waals surface area contributed by atoms with Crippen molar-refractivity contribution in [2.45, 2.75) is 69.9 Å². The fourth-order valence-electron chi connectivity index (χ4n) is 7.84. The van der Waals surface area contributed by atoms with Crippen LogP contribution < -0.4 is 22.7 Å². The summed E-state index contributed by atoms with van der Waals surface area (Å²) in [4.78, 5) is 21.9. The third-order valence-corrected chi connectivity index (χ3v) is 13.2. The van der Waals surface area contributed by atoms with Gasteiger partial charge in [-0.25, -0.2) is 0 Å². The minimum absolute atomic E-state index is 0. The van der Waals surface area contributed by atoms with Crippen molar-refractivity contribution < 1.29 is 4.79 Å². The van der Waals surface area contributed by atoms with Crippen molar-refractivity contribution in [1.82, 2.24) is 15.0 Å². The van der Waals surface area contributed by atoms with Gasteiger partial charge in [-0.2, -0.15) is 0 Å². The van der Waals surface area contributed by atoms with Crippen molar-refractivity contribution >= 4 is 120 Å². The summed E-state index contributed by atoms with van der Waals surface area (Å²) in [7, 11) is 0. The maximum atomic E-state index is 11.7. The summed E-state index contributed by atoms with van der Waals surface area (Å²) in [6.45, 7) is 0. The molecule has 0 amide bonds. The van der Waals surface area contributed by atoms with Gasteiger partial charge in [0.1, 0.15) is 0 Å². The number of aryl methyl sites for hydroxylation is 3. The molecular formula is C42H44Br4ClN7O. The van der Waals surface area contributed by atoms with Gasteiger partial charge in [-0.3, -0.25) is 10.6 Å². The van der Waals surface area contributed by atoms with E-state index in [9.17, 15) is 4.79 Å². The van der Waals surface area contributed by atoms with Crippen molar-refractivity contribution in [1.29, 1.82) is 0 Å². The molecule has 0 aliphatic heterocycles. The zero-order valence-electron chi connectivity index (χ0n) is 30.1. The topological polar surface area (TPSA) is 155 Å². The number of rotatable bonds is 1. The van der Waals surface area contributed by atoms with Gasteiger partial charge in [-0.05, 0) is 162 Å². The van der Waals surface area contributed by atoms with Crippen LogP contribution in [0.15, 0.2) is 96.8 Å². The van der Waals surface area contributed by atoms with E-state index in [0.717, 1.165) is 73.3 Å². The molecule has 0 fully saturated rings. The minimum Gasteiger partial charge on any atom is -0.356 e. The van der Waals surface area contributed by atoms with Crippen LogP contribution in [-0.2, 0) is 19.3 Å². The molecule has 55 heavy (non-hydrogen) atoms. The summed E-state index contributed by atoms with van der Waals surface area (Å²) in [6, 6.07) is 26.8. The van der Waals surface area contributed by atoms with Crippen LogP contribution in [0.2, 0.25) is 0 Å². The average Bonchev–Trinajstić information content (AvgIpc) is 3.88. The lowest BCUT2D eigenvalue weighted by atomic mass is 9.92. The highest BCUT2D eigenvalue weighted by Gasteiger charge is 2.24. The maximum Gasteiger partial charge on any atom is 0.179 e. The number of hydrogen-bond acceptors (Lipinski definition) is 5. The lowest BCUT2D eigenvalue weighted by Crippen LogP contribution is -2.16. The van der Waals surface area contributed by atoms with E-state index in [4.69, 9.17) is 17.3 Å². The third-order valence-electron chi connectivity index (χ3n) is 10.5. The summed E-state index contributed by atoms with van der Waals surface area (Å²) in [5, 5.41) is 3.84. The number of para-hydroxylation sites is 4. The van der Waals surface area contributed by atoms with Crippen molar-refractivity contribution in [2.75, 3.05) is 5.43 Å². The number of carbonyl (C=O) groups is 1. The fraction of sp³-hybridized carbons (Fsp3) is 0.262. The molecule has 2 atom stereocenters. The van der Waals surface area contributed by atoms with Crippen molar-refractivity contribution in [3.63, 3.8) is 0 Å². The molecule has 10 N–H and O–H groups in total. The van der Waals surface area contributed by atoms with E-state index in [2.05, 4.69) is 127 Å². The van der Waals surface area contributed by atoms with Crippen LogP contribution in [0, 0.1) is 0 Å². The predicted octanol–water partition coefficient (Wildman–Crippen LogP) is 12.1. The molecule has 0 bridgehead atoms. The number of aromatic amines is 3. The fourth-order valence-corrected chi connectivity index (χ4v) is 9.63. The van der Waals surface area contributed by atoms with Gasteiger partial charge < -0.3 is 31.8 Å². The number of H-pyrrole nitrogens is 3. The monoisotopic (exact) mass is 1010 g/mol. The van der Waals surface area contributed by atoms with Gasteiger partial charge in [0.15, 0.2) is 5.78 Å². The Balaban J connectivity index is 0.000000126.